The van der Waals surface area contributed by atoms with Crippen molar-refractivity contribution in [3.8, 4) is 0 Å². The molecule has 0 unspecified atom stereocenters. The molecule has 0 amide bonds. The lowest BCUT2D eigenvalue weighted by Crippen LogP contribution is -2.37. The summed E-state index contributed by atoms with van der Waals surface area (Å²) in [6.45, 7) is 9.28. The van der Waals surface area contributed by atoms with Gasteiger partial charge < -0.3 is 9.13 Å². The fourth-order valence-corrected chi connectivity index (χ4v) is 2.63. The number of aromatic nitrogens is 2. The first-order valence-corrected chi connectivity index (χ1v) is 6.50. The van der Waals surface area contributed by atoms with Crippen LogP contribution in [-0.4, -0.2) is 9.13 Å². The molecule has 2 rings (SSSR count). The normalized spacial score (nSPS) is 13.0. The Labute approximate surface area is 110 Å². The van der Waals surface area contributed by atoms with E-state index in [1.165, 1.54) is 11.1 Å². The second kappa shape index (κ2) is 4.04. The number of nitrogens with zero attached hydrogens (tertiary/aromatic N) is 2. The highest BCUT2D eigenvalue weighted by atomic mass is 14.9. The predicted octanol–water partition coefficient (Wildman–Crippen LogP) is 3.72. The Morgan fingerprint density at radius 2 is 1.17 bits per heavy atom. The largest absolute Gasteiger partial charge is 0.357 e. The van der Waals surface area contributed by atoms with E-state index in [9.17, 15) is 0 Å². The van der Waals surface area contributed by atoms with Crippen LogP contribution in [0.15, 0.2) is 36.9 Å². The third-order valence-corrected chi connectivity index (χ3v) is 4.32. The van der Waals surface area contributed by atoms with Gasteiger partial charge in [-0.3, -0.25) is 0 Å². The fourth-order valence-electron chi connectivity index (χ4n) is 2.63. The molecule has 0 aliphatic rings. The van der Waals surface area contributed by atoms with Crippen LogP contribution in [0.5, 0.6) is 0 Å². The summed E-state index contributed by atoms with van der Waals surface area (Å²) in [5.74, 6) is 0. The average Bonchev–Trinajstić information content (AvgIpc) is 2.84. The number of hydrogen-bond acceptors (Lipinski definition) is 0. The Kier molecular flexibility index (Phi) is 2.92. The molecule has 0 spiro atoms. The van der Waals surface area contributed by atoms with E-state index >= 15 is 0 Å². The van der Waals surface area contributed by atoms with Gasteiger partial charge >= 0.3 is 0 Å². The van der Waals surface area contributed by atoms with Crippen molar-refractivity contribution < 1.29 is 0 Å². The molecular weight excluding hydrogens is 220 g/mol. The van der Waals surface area contributed by atoms with Gasteiger partial charge in [-0.1, -0.05) is 27.7 Å². The van der Waals surface area contributed by atoms with Crippen LogP contribution in [0.2, 0.25) is 0 Å². The Morgan fingerprint density at radius 3 is 1.39 bits per heavy atom. The van der Waals surface area contributed by atoms with Crippen molar-refractivity contribution in [2.24, 2.45) is 19.5 Å². The molecule has 0 bridgehead atoms. The highest BCUT2D eigenvalue weighted by Gasteiger charge is 2.41. The van der Waals surface area contributed by atoms with Gasteiger partial charge in [0.2, 0.25) is 0 Å². The van der Waals surface area contributed by atoms with E-state index in [-0.39, 0.29) is 10.8 Å². The van der Waals surface area contributed by atoms with E-state index in [4.69, 9.17) is 0 Å². The van der Waals surface area contributed by atoms with Gasteiger partial charge in [0, 0.05) is 44.3 Å². The molecule has 0 saturated carbocycles. The summed E-state index contributed by atoms with van der Waals surface area (Å²) in [6, 6.07) is 4.47. The van der Waals surface area contributed by atoms with Crippen LogP contribution in [0.4, 0.5) is 0 Å². The smallest absolute Gasteiger partial charge is 0.0253 e. The van der Waals surface area contributed by atoms with Crippen molar-refractivity contribution in [2.75, 3.05) is 0 Å². The molecule has 2 aromatic rings. The summed E-state index contributed by atoms with van der Waals surface area (Å²) in [6.07, 6.45) is 8.72. The van der Waals surface area contributed by atoms with E-state index in [0.29, 0.717) is 0 Å². The monoisotopic (exact) mass is 244 g/mol. The molecule has 2 heterocycles. The maximum absolute atomic E-state index is 2.34. The minimum Gasteiger partial charge on any atom is -0.357 e. The number of rotatable bonds is 2. The number of aryl methyl sites for hydroxylation is 2. The topological polar surface area (TPSA) is 9.86 Å². The Balaban J connectivity index is 2.62. The predicted molar refractivity (Wildman–Crippen MR) is 76.7 cm³/mol. The van der Waals surface area contributed by atoms with Gasteiger partial charge in [-0.15, -0.1) is 0 Å². The maximum atomic E-state index is 2.34. The molecular formula is C16H24N2. The molecule has 98 valence electrons. The van der Waals surface area contributed by atoms with Crippen molar-refractivity contribution in [2.45, 2.75) is 33.1 Å². The van der Waals surface area contributed by atoms with Crippen molar-refractivity contribution in [1.29, 1.82) is 0 Å². The van der Waals surface area contributed by atoms with Crippen molar-refractivity contribution in [3.05, 3.63) is 48.0 Å². The highest BCUT2D eigenvalue weighted by Crippen LogP contribution is 2.46. The van der Waals surface area contributed by atoms with Gasteiger partial charge in [-0.05, 0) is 28.7 Å². The zero-order valence-corrected chi connectivity index (χ0v) is 12.4. The highest BCUT2D eigenvalue weighted by molar-refractivity contribution is 5.39. The quantitative estimate of drug-likeness (QED) is 0.762. The SMILES string of the molecule is Cn1ccc(C(C)(c2ccn(C)c2)C(C)(C)C)c1. The van der Waals surface area contributed by atoms with Crippen LogP contribution in [-0.2, 0) is 19.5 Å². The van der Waals surface area contributed by atoms with Crippen molar-refractivity contribution >= 4 is 0 Å². The lowest BCUT2D eigenvalue weighted by Gasteiger charge is -2.41. The number of hydrogen-bond donors (Lipinski definition) is 0. The standard InChI is InChI=1S/C16H24N2/c1-15(2,3)16(4,13-7-9-17(5)11-13)14-8-10-18(6)12-14/h7-12H,1-6H3. The van der Waals surface area contributed by atoms with Gasteiger partial charge in [0.1, 0.15) is 0 Å². The van der Waals surface area contributed by atoms with Crippen LogP contribution >= 0.6 is 0 Å². The summed E-state index contributed by atoms with van der Waals surface area (Å²) < 4.78 is 4.25. The molecule has 0 aromatic carbocycles. The summed E-state index contributed by atoms with van der Waals surface area (Å²) in [5, 5.41) is 0. The van der Waals surface area contributed by atoms with E-state index in [2.05, 4.69) is 87.8 Å². The van der Waals surface area contributed by atoms with Crippen LogP contribution in [0, 0.1) is 5.41 Å². The first-order chi connectivity index (χ1) is 8.25. The molecule has 0 atom stereocenters. The van der Waals surface area contributed by atoms with Crippen LogP contribution in [0.25, 0.3) is 0 Å². The Hall–Kier alpha value is -1.44. The first-order valence-electron chi connectivity index (χ1n) is 6.50. The zero-order valence-electron chi connectivity index (χ0n) is 12.4. The molecule has 0 aliphatic heterocycles. The summed E-state index contributed by atoms with van der Waals surface area (Å²) in [7, 11) is 4.16. The summed E-state index contributed by atoms with van der Waals surface area (Å²) in [4.78, 5) is 0. The third-order valence-electron chi connectivity index (χ3n) is 4.32. The summed E-state index contributed by atoms with van der Waals surface area (Å²) in [5.41, 5.74) is 2.94. The fraction of sp³-hybridized carbons (Fsp3) is 0.500. The third kappa shape index (κ3) is 1.90. The van der Waals surface area contributed by atoms with E-state index in [1.807, 2.05) is 0 Å². The minimum absolute atomic E-state index is 0.0233. The molecule has 2 heteroatoms. The second-order valence-electron chi connectivity index (χ2n) is 6.51. The lowest BCUT2D eigenvalue weighted by molar-refractivity contribution is 0.249. The molecule has 0 N–H and O–H groups in total. The van der Waals surface area contributed by atoms with Crippen LogP contribution < -0.4 is 0 Å². The molecule has 0 radical (unpaired) electrons. The molecule has 2 aromatic heterocycles. The molecule has 0 aliphatic carbocycles. The van der Waals surface area contributed by atoms with Crippen LogP contribution in [0.1, 0.15) is 38.8 Å². The van der Waals surface area contributed by atoms with Gasteiger partial charge in [0.25, 0.3) is 0 Å². The van der Waals surface area contributed by atoms with E-state index < -0.39 is 0 Å². The second-order valence-corrected chi connectivity index (χ2v) is 6.51. The summed E-state index contributed by atoms with van der Waals surface area (Å²) >= 11 is 0. The van der Waals surface area contributed by atoms with Crippen LogP contribution in [0.3, 0.4) is 0 Å². The molecule has 0 saturated heterocycles. The Morgan fingerprint density at radius 1 is 0.778 bits per heavy atom. The minimum atomic E-state index is 0.0233. The van der Waals surface area contributed by atoms with Gasteiger partial charge in [0.05, 0.1) is 0 Å². The van der Waals surface area contributed by atoms with E-state index in [0.717, 1.165) is 0 Å². The van der Waals surface area contributed by atoms with Crippen molar-refractivity contribution in [1.82, 2.24) is 9.13 Å². The van der Waals surface area contributed by atoms with Crippen molar-refractivity contribution in [3.63, 3.8) is 0 Å². The van der Waals surface area contributed by atoms with Gasteiger partial charge in [0.15, 0.2) is 0 Å². The lowest BCUT2D eigenvalue weighted by atomic mass is 9.61. The first kappa shape index (κ1) is 13.0. The average molecular weight is 244 g/mol. The van der Waals surface area contributed by atoms with Gasteiger partial charge in [-0.2, -0.15) is 0 Å². The molecule has 2 nitrogen and oxygen atoms in total. The molecule has 18 heavy (non-hydrogen) atoms. The zero-order chi connectivity index (χ0) is 13.6. The Bertz CT molecular complexity index is 497. The maximum Gasteiger partial charge on any atom is 0.0253 e. The van der Waals surface area contributed by atoms with E-state index in [1.54, 1.807) is 0 Å². The van der Waals surface area contributed by atoms with Gasteiger partial charge in [-0.25, -0.2) is 0 Å². The molecule has 0 fully saturated rings.